The molecule has 0 bridgehead atoms. The van der Waals surface area contributed by atoms with Gasteiger partial charge in [0.2, 0.25) is 5.91 Å². The molecular formula is C12H13BrN4O. The average Bonchev–Trinajstić information content (AvgIpc) is 2.82. The Hall–Kier alpha value is -1.69. The monoisotopic (exact) mass is 308 g/mol. The lowest BCUT2D eigenvalue weighted by molar-refractivity contribution is -0.115. The van der Waals surface area contributed by atoms with Crippen molar-refractivity contribution in [2.75, 3.05) is 10.6 Å². The summed E-state index contributed by atoms with van der Waals surface area (Å²) in [4.78, 5) is 15.4. The molecule has 0 aliphatic heterocycles. The van der Waals surface area contributed by atoms with E-state index in [1.165, 1.54) is 6.33 Å². The van der Waals surface area contributed by atoms with Crippen molar-refractivity contribution in [3.8, 4) is 0 Å². The normalized spacial score (nSPS) is 10.3. The maximum Gasteiger partial charge on any atom is 0.225 e. The van der Waals surface area contributed by atoms with Gasteiger partial charge in [0, 0.05) is 17.4 Å². The molecule has 0 radical (unpaired) electrons. The van der Waals surface area contributed by atoms with E-state index in [-0.39, 0.29) is 5.91 Å². The van der Waals surface area contributed by atoms with Crippen LogP contribution in [0.1, 0.15) is 12.0 Å². The third-order valence-corrected chi connectivity index (χ3v) is 2.74. The lowest BCUT2D eigenvalue weighted by atomic mass is 10.2. The van der Waals surface area contributed by atoms with Crippen LogP contribution in [-0.2, 0) is 11.3 Å². The lowest BCUT2D eigenvalue weighted by Crippen LogP contribution is -2.11. The Balaban J connectivity index is 2.03. The molecular weight excluding hydrogens is 296 g/mol. The van der Waals surface area contributed by atoms with Gasteiger partial charge in [-0.2, -0.15) is 5.10 Å². The minimum Gasteiger partial charge on any atom is -0.326 e. The van der Waals surface area contributed by atoms with Crippen LogP contribution in [0.2, 0.25) is 0 Å². The average molecular weight is 309 g/mol. The summed E-state index contributed by atoms with van der Waals surface area (Å²) < 4.78 is 1.74. The maximum atomic E-state index is 11.5. The first-order valence-electron chi connectivity index (χ1n) is 5.55. The zero-order chi connectivity index (χ0) is 12.8. The third-order valence-electron chi connectivity index (χ3n) is 2.34. The molecule has 5 nitrogen and oxygen atoms in total. The quantitative estimate of drug-likeness (QED) is 0.860. The molecule has 6 heteroatoms. The van der Waals surface area contributed by atoms with Gasteiger partial charge in [-0.3, -0.25) is 4.79 Å². The Morgan fingerprint density at radius 3 is 3.06 bits per heavy atom. The Kier molecular flexibility index (Phi) is 4.46. The molecule has 0 aliphatic carbocycles. The van der Waals surface area contributed by atoms with E-state index in [4.69, 9.17) is 0 Å². The predicted molar refractivity (Wildman–Crippen MR) is 72.6 cm³/mol. The van der Waals surface area contributed by atoms with Crippen LogP contribution < -0.4 is 5.32 Å². The highest BCUT2D eigenvalue weighted by molar-refractivity contribution is 9.09. The van der Waals surface area contributed by atoms with Gasteiger partial charge in [0.25, 0.3) is 0 Å². The largest absolute Gasteiger partial charge is 0.326 e. The first-order chi connectivity index (χ1) is 8.78. The summed E-state index contributed by atoms with van der Waals surface area (Å²) in [6.45, 7) is 0.641. The van der Waals surface area contributed by atoms with Gasteiger partial charge in [-0.05, 0) is 17.7 Å². The van der Waals surface area contributed by atoms with Gasteiger partial charge in [-0.15, -0.1) is 0 Å². The van der Waals surface area contributed by atoms with Gasteiger partial charge in [-0.1, -0.05) is 28.1 Å². The molecule has 1 aromatic heterocycles. The van der Waals surface area contributed by atoms with Gasteiger partial charge in [0.15, 0.2) is 0 Å². The van der Waals surface area contributed by atoms with E-state index in [0.717, 1.165) is 11.3 Å². The first kappa shape index (κ1) is 12.8. The van der Waals surface area contributed by atoms with Crippen LogP contribution in [0.3, 0.4) is 0 Å². The van der Waals surface area contributed by atoms with Crippen LogP contribution in [0.5, 0.6) is 0 Å². The standard InChI is InChI=1S/C12H13BrN4O/c13-5-4-12(18)16-11-3-1-2-10(6-11)7-17-9-14-8-15-17/h1-3,6,8-9H,4-5,7H2,(H,16,18). The van der Waals surface area contributed by atoms with E-state index < -0.39 is 0 Å². The van der Waals surface area contributed by atoms with Crippen LogP contribution in [0.25, 0.3) is 0 Å². The number of benzene rings is 1. The van der Waals surface area contributed by atoms with Gasteiger partial charge < -0.3 is 5.32 Å². The number of nitrogens with zero attached hydrogens (tertiary/aromatic N) is 3. The molecule has 0 unspecified atom stereocenters. The lowest BCUT2D eigenvalue weighted by Gasteiger charge is -2.06. The van der Waals surface area contributed by atoms with Crippen LogP contribution in [0, 0.1) is 0 Å². The van der Waals surface area contributed by atoms with E-state index in [0.29, 0.717) is 18.3 Å². The number of alkyl halides is 1. The maximum absolute atomic E-state index is 11.5. The highest BCUT2D eigenvalue weighted by Gasteiger charge is 2.02. The molecule has 0 saturated carbocycles. The van der Waals surface area contributed by atoms with E-state index in [1.807, 2.05) is 24.3 Å². The molecule has 0 atom stereocenters. The second kappa shape index (κ2) is 6.30. The Morgan fingerprint density at radius 1 is 1.44 bits per heavy atom. The number of amides is 1. The molecule has 0 fully saturated rings. The molecule has 1 N–H and O–H groups in total. The number of aromatic nitrogens is 3. The summed E-state index contributed by atoms with van der Waals surface area (Å²) in [6, 6.07) is 7.71. The van der Waals surface area contributed by atoms with Crippen LogP contribution in [-0.4, -0.2) is 26.0 Å². The van der Waals surface area contributed by atoms with Crippen molar-refractivity contribution in [1.29, 1.82) is 0 Å². The predicted octanol–water partition coefficient (Wildman–Crippen LogP) is 2.05. The number of carbonyl (C=O) groups excluding carboxylic acids is 1. The summed E-state index contributed by atoms with van der Waals surface area (Å²) >= 11 is 3.24. The number of carbonyl (C=O) groups is 1. The van der Waals surface area contributed by atoms with Crippen molar-refractivity contribution in [2.24, 2.45) is 0 Å². The Morgan fingerprint density at radius 2 is 2.33 bits per heavy atom. The summed E-state index contributed by atoms with van der Waals surface area (Å²) in [5.74, 6) is 0.00443. The highest BCUT2D eigenvalue weighted by Crippen LogP contribution is 2.12. The number of rotatable bonds is 5. The molecule has 2 rings (SSSR count). The van der Waals surface area contributed by atoms with E-state index in [1.54, 1.807) is 11.0 Å². The second-order valence-electron chi connectivity index (χ2n) is 3.78. The molecule has 0 aliphatic rings. The molecule has 1 aromatic carbocycles. The molecule has 0 saturated heterocycles. The van der Waals surface area contributed by atoms with Gasteiger partial charge in [0.1, 0.15) is 12.7 Å². The molecule has 94 valence electrons. The van der Waals surface area contributed by atoms with Crippen LogP contribution in [0.4, 0.5) is 5.69 Å². The molecule has 1 amide bonds. The number of halogens is 1. The smallest absolute Gasteiger partial charge is 0.225 e. The summed E-state index contributed by atoms with van der Waals surface area (Å²) in [5.41, 5.74) is 1.87. The topological polar surface area (TPSA) is 59.8 Å². The van der Waals surface area contributed by atoms with Crippen molar-refractivity contribution in [3.05, 3.63) is 42.5 Å². The summed E-state index contributed by atoms with van der Waals surface area (Å²) in [7, 11) is 0. The van der Waals surface area contributed by atoms with Crippen molar-refractivity contribution < 1.29 is 4.79 Å². The number of anilines is 1. The van der Waals surface area contributed by atoms with Gasteiger partial charge >= 0.3 is 0 Å². The van der Waals surface area contributed by atoms with Gasteiger partial charge in [-0.25, -0.2) is 9.67 Å². The zero-order valence-corrected chi connectivity index (χ0v) is 11.3. The van der Waals surface area contributed by atoms with Gasteiger partial charge in [0.05, 0.1) is 6.54 Å². The number of nitrogens with one attached hydrogen (secondary N) is 1. The minimum atomic E-state index is 0.00443. The van der Waals surface area contributed by atoms with Crippen molar-refractivity contribution in [1.82, 2.24) is 14.8 Å². The number of hydrogen-bond donors (Lipinski definition) is 1. The fourth-order valence-corrected chi connectivity index (χ4v) is 1.92. The van der Waals surface area contributed by atoms with Crippen molar-refractivity contribution in [2.45, 2.75) is 13.0 Å². The van der Waals surface area contributed by atoms with E-state index >= 15 is 0 Å². The van der Waals surface area contributed by atoms with Crippen LogP contribution in [0.15, 0.2) is 36.9 Å². The second-order valence-corrected chi connectivity index (χ2v) is 4.57. The zero-order valence-electron chi connectivity index (χ0n) is 9.71. The fourth-order valence-electron chi connectivity index (χ4n) is 1.56. The highest BCUT2D eigenvalue weighted by atomic mass is 79.9. The van der Waals surface area contributed by atoms with Crippen molar-refractivity contribution in [3.63, 3.8) is 0 Å². The molecule has 1 heterocycles. The fraction of sp³-hybridized carbons (Fsp3) is 0.250. The van der Waals surface area contributed by atoms with E-state index in [2.05, 4.69) is 31.3 Å². The molecule has 18 heavy (non-hydrogen) atoms. The van der Waals surface area contributed by atoms with Crippen molar-refractivity contribution >= 4 is 27.5 Å². The molecule has 2 aromatic rings. The minimum absolute atomic E-state index is 0.00443. The Labute approximate surface area is 113 Å². The number of hydrogen-bond acceptors (Lipinski definition) is 3. The first-order valence-corrected chi connectivity index (χ1v) is 6.67. The van der Waals surface area contributed by atoms with Crippen LogP contribution >= 0.6 is 15.9 Å². The molecule has 0 spiro atoms. The SMILES string of the molecule is O=C(CCBr)Nc1cccc(Cn2cncn2)c1. The van der Waals surface area contributed by atoms with E-state index in [9.17, 15) is 4.79 Å². The summed E-state index contributed by atoms with van der Waals surface area (Å²) in [6.07, 6.45) is 3.63. The third kappa shape index (κ3) is 3.66. The summed E-state index contributed by atoms with van der Waals surface area (Å²) in [5, 5.41) is 7.56. The Bertz CT molecular complexity index is 513.